The lowest BCUT2D eigenvalue weighted by Crippen LogP contribution is -2.31. The van der Waals surface area contributed by atoms with E-state index in [1.54, 1.807) is 11.3 Å². The van der Waals surface area contributed by atoms with E-state index in [1.807, 2.05) is 13.1 Å². The normalized spacial score (nSPS) is 24.0. The topological polar surface area (TPSA) is 12.0 Å². The molecule has 1 aliphatic heterocycles. The van der Waals surface area contributed by atoms with Gasteiger partial charge in [-0.1, -0.05) is 11.6 Å². The molecular weight excluding hydrogens is 266 g/mol. The molecule has 15 heavy (non-hydrogen) atoms. The van der Waals surface area contributed by atoms with Crippen molar-refractivity contribution in [2.45, 2.75) is 11.3 Å². The van der Waals surface area contributed by atoms with Crippen LogP contribution in [-0.4, -0.2) is 29.6 Å². The van der Waals surface area contributed by atoms with Crippen LogP contribution < -0.4 is 5.32 Å². The Morgan fingerprint density at radius 2 is 2.40 bits per heavy atom. The second-order valence-corrected chi connectivity index (χ2v) is 7.24. The third-order valence-electron chi connectivity index (χ3n) is 2.45. The molecule has 0 spiro atoms. The van der Waals surface area contributed by atoms with Crippen LogP contribution in [0.1, 0.15) is 10.9 Å². The van der Waals surface area contributed by atoms with Crippen LogP contribution in [0.4, 0.5) is 0 Å². The minimum Gasteiger partial charge on any atom is -0.311 e. The van der Waals surface area contributed by atoms with Gasteiger partial charge in [0.05, 0.1) is 11.1 Å². The lowest BCUT2D eigenvalue weighted by atomic mass is 10.2. The van der Waals surface area contributed by atoms with E-state index < -0.39 is 0 Å². The molecule has 84 valence electrons. The SMILES string of the molecule is CNC(c1sccc1Cl)C1CSCCS1. The highest BCUT2D eigenvalue weighted by Gasteiger charge is 2.26. The number of hydrogen-bond donors (Lipinski definition) is 1. The molecule has 0 bridgehead atoms. The summed E-state index contributed by atoms with van der Waals surface area (Å²) in [4.78, 5) is 1.29. The van der Waals surface area contributed by atoms with Gasteiger partial charge in [0.15, 0.2) is 0 Å². The lowest BCUT2D eigenvalue weighted by Gasteiger charge is -2.28. The van der Waals surface area contributed by atoms with Crippen molar-refractivity contribution in [3.8, 4) is 0 Å². The zero-order valence-corrected chi connectivity index (χ0v) is 11.7. The molecule has 1 aliphatic rings. The molecule has 2 unspecified atom stereocenters. The van der Waals surface area contributed by atoms with Gasteiger partial charge in [0.2, 0.25) is 0 Å². The average Bonchev–Trinajstić information content (AvgIpc) is 2.68. The predicted octanol–water partition coefficient (Wildman–Crippen LogP) is 3.51. The predicted molar refractivity (Wildman–Crippen MR) is 74.7 cm³/mol. The number of thiophene rings is 1. The van der Waals surface area contributed by atoms with Gasteiger partial charge in [-0.05, 0) is 18.5 Å². The zero-order valence-electron chi connectivity index (χ0n) is 8.53. The number of hydrogen-bond acceptors (Lipinski definition) is 4. The summed E-state index contributed by atoms with van der Waals surface area (Å²) < 4.78 is 0. The molecule has 1 saturated heterocycles. The smallest absolute Gasteiger partial charge is 0.0561 e. The van der Waals surface area contributed by atoms with Crippen LogP contribution in [0.2, 0.25) is 5.02 Å². The molecule has 0 saturated carbocycles. The summed E-state index contributed by atoms with van der Waals surface area (Å²) in [7, 11) is 2.03. The number of thioether (sulfide) groups is 2. The molecule has 1 aromatic rings. The maximum Gasteiger partial charge on any atom is 0.0561 e. The fraction of sp³-hybridized carbons (Fsp3) is 0.600. The largest absolute Gasteiger partial charge is 0.311 e. The van der Waals surface area contributed by atoms with E-state index in [4.69, 9.17) is 11.6 Å². The molecule has 1 nitrogen and oxygen atoms in total. The second-order valence-electron chi connectivity index (χ2n) is 3.38. The van der Waals surface area contributed by atoms with E-state index in [0.29, 0.717) is 11.3 Å². The summed E-state index contributed by atoms with van der Waals surface area (Å²) in [6.45, 7) is 0. The van der Waals surface area contributed by atoms with Crippen molar-refractivity contribution in [1.82, 2.24) is 5.32 Å². The Labute approximate surface area is 108 Å². The van der Waals surface area contributed by atoms with Gasteiger partial charge in [-0.3, -0.25) is 0 Å². The van der Waals surface area contributed by atoms with E-state index in [0.717, 1.165) is 5.02 Å². The Hall–Kier alpha value is 0.650. The summed E-state index contributed by atoms with van der Waals surface area (Å²) in [6.07, 6.45) is 0. The van der Waals surface area contributed by atoms with Gasteiger partial charge in [-0.25, -0.2) is 0 Å². The third kappa shape index (κ3) is 2.86. The van der Waals surface area contributed by atoms with Crippen molar-refractivity contribution >= 4 is 46.5 Å². The van der Waals surface area contributed by atoms with E-state index in [1.165, 1.54) is 22.1 Å². The van der Waals surface area contributed by atoms with Crippen LogP contribution in [0.25, 0.3) is 0 Å². The molecule has 1 fully saturated rings. The summed E-state index contributed by atoms with van der Waals surface area (Å²) >= 11 is 12.1. The first-order valence-corrected chi connectivity index (χ1v) is 8.38. The van der Waals surface area contributed by atoms with Gasteiger partial charge in [-0.2, -0.15) is 23.5 Å². The molecule has 1 N–H and O–H groups in total. The molecule has 2 rings (SSSR count). The van der Waals surface area contributed by atoms with Crippen LogP contribution in [0.3, 0.4) is 0 Å². The minimum absolute atomic E-state index is 0.412. The zero-order chi connectivity index (χ0) is 10.7. The Bertz CT molecular complexity index is 309. The molecule has 0 aliphatic carbocycles. The molecular formula is C10H14ClNS3. The molecule has 2 heterocycles. The van der Waals surface area contributed by atoms with Gasteiger partial charge in [-0.15, -0.1) is 11.3 Å². The van der Waals surface area contributed by atoms with E-state index in [-0.39, 0.29) is 0 Å². The van der Waals surface area contributed by atoms with Gasteiger partial charge < -0.3 is 5.32 Å². The highest BCUT2D eigenvalue weighted by molar-refractivity contribution is 8.06. The van der Waals surface area contributed by atoms with Crippen molar-refractivity contribution in [1.29, 1.82) is 0 Å². The fourth-order valence-corrected chi connectivity index (χ4v) is 6.04. The highest BCUT2D eigenvalue weighted by Crippen LogP contribution is 2.38. The third-order valence-corrected chi connectivity index (χ3v) is 6.76. The first-order chi connectivity index (χ1) is 7.33. The maximum absolute atomic E-state index is 6.19. The highest BCUT2D eigenvalue weighted by atomic mass is 35.5. The van der Waals surface area contributed by atoms with E-state index >= 15 is 0 Å². The standard InChI is InChI=1S/C10H14ClNS3/c1-12-9(8-6-13-4-5-14-8)10-7(11)2-3-15-10/h2-3,8-9,12H,4-6H2,1H3. The Balaban J connectivity index is 2.12. The van der Waals surface area contributed by atoms with Crippen molar-refractivity contribution in [3.05, 3.63) is 21.3 Å². The van der Waals surface area contributed by atoms with Crippen LogP contribution in [0.5, 0.6) is 0 Å². The second kappa shape index (κ2) is 5.82. The average molecular weight is 280 g/mol. The van der Waals surface area contributed by atoms with Crippen LogP contribution >= 0.6 is 46.5 Å². The maximum atomic E-state index is 6.19. The van der Waals surface area contributed by atoms with Crippen LogP contribution in [0.15, 0.2) is 11.4 Å². The molecule has 1 aromatic heterocycles. The van der Waals surface area contributed by atoms with Crippen molar-refractivity contribution in [2.75, 3.05) is 24.3 Å². The molecule has 0 radical (unpaired) electrons. The summed E-state index contributed by atoms with van der Waals surface area (Å²) in [6, 6.07) is 2.40. The quantitative estimate of drug-likeness (QED) is 0.909. The van der Waals surface area contributed by atoms with Gasteiger partial charge in [0.1, 0.15) is 0 Å². The Morgan fingerprint density at radius 3 is 2.93 bits per heavy atom. The number of rotatable bonds is 3. The van der Waals surface area contributed by atoms with Gasteiger partial charge >= 0.3 is 0 Å². The van der Waals surface area contributed by atoms with Crippen molar-refractivity contribution < 1.29 is 0 Å². The number of halogens is 1. The summed E-state index contributed by atoms with van der Waals surface area (Å²) in [5.41, 5.74) is 0. The molecule has 5 heteroatoms. The molecule has 0 aromatic carbocycles. The fourth-order valence-electron chi connectivity index (χ4n) is 1.71. The van der Waals surface area contributed by atoms with Crippen LogP contribution in [0, 0.1) is 0 Å². The van der Waals surface area contributed by atoms with E-state index in [9.17, 15) is 0 Å². The van der Waals surface area contributed by atoms with Crippen LogP contribution in [-0.2, 0) is 0 Å². The van der Waals surface area contributed by atoms with Crippen molar-refractivity contribution in [3.63, 3.8) is 0 Å². The first-order valence-electron chi connectivity index (χ1n) is 4.92. The minimum atomic E-state index is 0.412. The van der Waals surface area contributed by atoms with Gasteiger partial charge in [0.25, 0.3) is 0 Å². The Kier molecular flexibility index (Phi) is 4.70. The summed E-state index contributed by atoms with van der Waals surface area (Å²) in [5.74, 6) is 3.77. The summed E-state index contributed by atoms with van der Waals surface area (Å²) in [5, 5.41) is 7.05. The lowest BCUT2D eigenvalue weighted by molar-refractivity contribution is 0.602. The first kappa shape index (κ1) is 12.1. The Morgan fingerprint density at radius 1 is 1.53 bits per heavy atom. The molecule has 2 atom stereocenters. The monoisotopic (exact) mass is 279 g/mol. The van der Waals surface area contributed by atoms with Gasteiger partial charge in [0, 0.05) is 27.4 Å². The van der Waals surface area contributed by atoms with Crippen molar-refractivity contribution in [2.24, 2.45) is 0 Å². The number of nitrogens with one attached hydrogen (secondary N) is 1. The van der Waals surface area contributed by atoms with E-state index in [2.05, 4.69) is 34.2 Å². The molecule has 0 amide bonds.